The maximum atomic E-state index is 13.8. The Morgan fingerprint density at radius 1 is 1.20 bits per heavy atom. The van der Waals surface area contributed by atoms with Crippen LogP contribution >= 0.6 is 0 Å². The van der Waals surface area contributed by atoms with Crippen LogP contribution < -0.4 is 5.32 Å². The van der Waals surface area contributed by atoms with Crippen LogP contribution in [0.25, 0.3) is 0 Å². The van der Waals surface area contributed by atoms with Crippen LogP contribution in [0.3, 0.4) is 0 Å². The van der Waals surface area contributed by atoms with Crippen molar-refractivity contribution in [3.8, 4) is 0 Å². The highest BCUT2D eigenvalue weighted by atomic mass is 19.1. The fourth-order valence-electron chi connectivity index (χ4n) is 2.75. The Morgan fingerprint density at radius 3 is 2.60 bits per heavy atom. The first-order valence-electron chi connectivity index (χ1n) is 7.58. The second-order valence-corrected chi connectivity index (χ2v) is 5.69. The van der Waals surface area contributed by atoms with Gasteiger partial charge in [-0.15, -0.1) is 0 Å². The number of nitro benzene ring substituents is 1. The summed E-state index contributed by atoms with van der Waals surface area (Å²) >= 11 is 0. The highest BCUT2D eigenvalue weighted by molar-refractivity contribution is 5.89. The van der Waals surface area contributed by atoms with Gasteiger partial charge in [0.05, 0.1) is 10.5 Å². The van der Waals surface area contributed by atoms with E-state index < -0.39 is 34.7 Å². The summed E-state index contributed by atoms with van der Waals surface area (Å²) in [6.45, 7) is 0.305. The van der Waals surface area contributed by atoms with Crippen LogP contribution in [0.5, 0.6) is 0 Å². The van der Waals surface area contributed by atoms with Crippen LogP contribution in [-0.4, -0.2) is 23.5 Å². The first-order valence-corrected chi connectivity index (χ1v) is 7.58. The van der Waals surface area contributed by atoms with Gasteiger partial charge in [0.25, 0.3) is 5.69 Å². The molecule has 1 saturated heterocycles. The second kappa shape index (κ2) is 6.94. The predicted octanol–water partition coefficient (Wildman–Crippen LogP) is 3.13. The topological polar surface area (TPSA) is 81.5 Å². The maximum Gasteiger partial charge on any atom is 0.338 e. The molecule has 1 fully saturated rings. The van der Waals surface area contributed by atoms with E-state index in [9.17, 15) is 23.7 Å². The van der Waals surface area contributed by atoms with Crippen molar-refractivity contribution in [2.45, 2.75) is 18.6 Å². The van der Waals surface area contributed by atoms with Crippen molar-refractivity contribution in [2.24, 2.45) is 0 Å². The molecular weight excluding hydrogens is 334 g/mol. The largest absolute Gasteiger partial charge is 0.457 e. The lowest BCUT2D eigenvalue weighted by molar-refractivity contribution is -0.384. The van der Waals surface area contributed by atoms with Crippen molar-refractivity contribution in [2.75, 3.05) is 6.54 Å². The Morgan fingerprint density at radius 2 is 1.92 bits per heavy atom. The van der Waals surface area contributed by atoms with Gasteiger partial charge in [0.1, 0.15) is 17.7 Å². The number of halogens is 2. The molecule has 8 heteroatoms. The SMILES string of the molecule is O=C(O[C@@H]1CN[C@@H](c2cc(F)ccc2F)C1)c1ccc([N+](=O)[O-])cc1. The second-order valence-electron chi connectivity index (χ2n) is 5.69. The number of hydrogen-bond acceptors (Lipinski definition) is 5. The highest BCUT2D eigenvalue weighted by Gasteiger charge is 2.30. The van der Waals surface area contributed by atoms with Crippen LogP contribution in [0.1, 0.15) is 28.4 Å². The van der Waals surface area contributed by atoms with E-state index in [1.54, 1.807) is 0 Å². The molecule has 0 radical (unpaired) electrons. The Balaban J connectivity index is 1.63. The lowest BCUT2D eigenvalue weighted by Crippen LogP contribution is -2.21. The van der Waals surface area contributed by atoms with Crippen molar-refractivity contribution >= 4 is 11.7 Å². The zero-order valence-corrected chi connectivity index (χ0v) is 12.9. The van der Waals surface area contributed by atoms with E-state index in [4.69, 9.17) is 4.74 Å². The van der Waals surface area contributed by atoms with Gasteiger partial charge in [-0.3, -0.25) is 10.1 Å². The summed E-state index contributed by atoms with van der Waals surface area (Å²) in [7, 11) is 0. The minimum Gasteiger partial charge on any atom is -0.457 e. The molecule has 0 saturated carbocycles. The van der Waals surface area contributed by atoms with Crippen LogP contribution in [-0.2, 0) is 4.74 Å². The Kier molecular flexibility index (Phi) is 4.71. The van der Waals surface area contributed by atoms with Gasteiger partial charge in [0.2, 0.25) is 0 Å². The number of carbonyl (C=O) groups excluding carboxylic acids is 1. The molecule has 1 aliphatic rings. The number of hydrogen-bond donors (Lipinski definition) is 1. The molecule has 0 unspecified atom stereocenters. The number of benzene rings is 2. The number of nitro groups is 1. The first-order chi connectivity index (χ1) is 11.9. The zero-order valence-electron chi connectivity index (χ0n) is 12.9. The van der Waals surface area contributed by atoms with Crippen molar-refractivity contribution in [3.05, 3.63) is 75.3 Å². The summed E-state index contributed by atoms with van der Waals surface area (Å²) in [6.07, 6.45) is -0.200. The van der Waals surface area contributed by atoms with Crippen LogP contribution in [0, 0.1) is 21.7 Å². The molecular formula is C17H14F2N2O4. The Hall–Kier alpha value is -2.87. The van der Waals surface area contributed by atoms with E-state index in [0.29, 0.717) is 13.0 Å². The van der Waals surface area contributed by atoms with Crippen molar-refractivity contribution in [3.63, 3.8) is 0 Å². The summed E-state index contributed by atoms with van der Waals surface area (Å²) in [4.78, 5) is 22.1. The van der Waals surface area contributed by atoms with Crippen molar-refractivity contribution < 1.29 is 23.2 Å². The quantitative estimate of drug-likeness (QED) is 0.521. The fourth-order valence-corrected chi connectivity index (χ4v) is 2.75. The molecule has 0 spiro atoms. The lowest BCUT2D eigenvalue weighted by atomic mass is 10.0. The fraction of sp³-hybridized carbons (Fsp3) is 0.235. The summed E-state index contributed by atoms with van der Waals surface area (Å²) in [5.41, 5.74) is 0.251. The molecule has 2 aromatic rings. The Bertz CT molecular complexity index is 811. The average molecular weight is 348 g/mol. The number of carbonyl (C=O) groups is 1. The summed E-state index contributed by atoms with van der Waals surface area (Å²) in [6, 6.07) is 7.82. The highest BCUT2D eigenvalue weighted by Crippen LogP contribution is 2.28. The molecule has 1 N–H and O–H groups in total. The molecule has 0 amide bonds. The van der Waals surface area contributed by atoms with Gasteiger partial charge in [-0.25, -0.2) is 13.6 Å². The van der Waals surface area contributed by atoms with Crippen molar-refractivity contribution in [1.82, 2.24) is 5.32 Å². The minimum absolute atomic E-state index is 0.124. The molecule has 1 heterocycles. The Labute approximate surface area is 141 Å². The molecule has 0 bridgehead atoms. The normalized spacial score (nSPS) is 19.6. The molecule has 0 aromatic heterocycles. The molecule has 2 aromatic carbocycles. The van der Waals surface area contributed by atoms with Crippen LogP contribution in [0.2, 0.25) is 0 Å². The third-order valence-corrected chi connectivity index (χ3v) is 4.01. The van der Waals surface area contributed by atoms with E-state index in [-0.39, 0.29) is 16.8 Å². The van der Waals surface area contributed by atoms with Gasteiger partial charge < -0.3 is 10.1 Å². The third kappa shape index (κ3) is 3.80. The van der Waals surface area contributed by atoms with Gasteiger partial charge in [0, 0.05) is 36.7 Å². The molecule has 25 heavy (non-hydrogen) atoms. The minimum atomic E-state index is -0.623. The summed E-state index contributed by atoms with van der Waals surface area (Å²) < 4.78 is 32.4. The molecule has 0 aliphatic carbocycles. The summed E-state index contributed by atoms with van der Waals surface area (Å²) in [5, 5.41) is 13.6. The number of nitrogens with one attached hydrogen (secondary N) is 1. The van der Waals surface area contributed by atoms with E-state index in [1.807, 2.05) is 0 Å². The van der Waals surface area contributed by atoms with Crippen LogP contribution in [0.4, 0.5) is 14.5 Å². The molecule has 3 rings (SSSR count). The maximum absolute atomic E-state index is 13.8. The van der Waals surface area contributed by atoms with E-state index >= 15 is 0 Å². The lowest BCUT2D eigenvalue weighted by Gasteiger charge is -2.13. The number of non-ortho nitro benzene ring substituents is 1. The van der Waals surface area contributed by atoms with Gasteiger partial charge in [0.15, 0.2) is 0 Å². The summed E-state index contributed by atoms with van der Waals surface area (Å²) in [5.74, 6) is -1.69. The molecule has 1 aliphatic heterocycles. The van der Waals surface area contributed by atoms with Gasteiger partial charge in [-0.1, -0.05) is 0 Å². The van der Waals surface area contributed by atoms with Crippen molar-refractivity contribution in [1.29, 1.82) is 0 Å². The van der Waals surface area contributed by atoms with Gasteiger partial charge >= 0.3 is 5.97 Å². The number of esters is 1. The number of ether oxygens (including phenoxy) is 1. The number of nitrogens with zero attached hydrogens (tertiary/aromatic N) is 1. The molecule has 130 valence electrons. The zero-order chi connectivity index (χ0) is 18.0. The van der Waals surface area contributed by atoms with E-state index in [0.717, 1.165) is 18.2 Å². The van der Waals surface area contributed by atoms with Crippen LogP contribution in [0.15, 0.2) is 42.5 Å². The molecule has 6 nitrogen and oxygen atoms in total. The monoisotopic (exact) mass is 348 g/mol. The van der Waals surface area contributed by atoms with E-state index in [1.165, 1.54) is 24.3 Å². The number of rotatable bonds is 4. The smallest absolute Gasteiger partial charge is 0.338 e. The third-order valence-electron chi connectivity index (χ3n) is 4.01. The van der Waals surface area contributed by atoms with Gasteiger partial charge in [-0.2, -0.15) is 0 Å². The average Bonchev–Trinajstić information content (AvgIpc) is 3.05. The molecule has 2 atom stereocenters. The van der Waals surface area contributed by atoms with Gasteiger partial charge in [-0.05, 0) is 30.3 Å². The standard InChI is InChI=1S/C17H14F2N2O4/c18-11-3-6-15(19)14(7-11)16-8-13(9-20-16)25-17(22)10-1-4-12(5-2-10)21(23)24/h1-7,13,16,20H,8-9H2/t13-,16+/m0/s1. The van der Waals surface area contributed by atoms with E-state index in [2.05, 4.69) is 5.32 Å². The predicted molar refractivity (Wildman–Crippen MR) is 84.0 cm³/mol. The first kappa shape index (κ1) is 17.0.